The summed E-state index contributed by atoms with van der Waals surface area (Å²) in [5.41, 5.74) is 11.8. The Kier molecular flexibility index (Phi) is 6.17. The van der Waals surface area contributed by atoms with Crippen molar-refractivity contribution < 1.29 is 23.9 Å². The van der Waals surface area contributed by atoms with Crippen molar-refractivity contribution in [2.75, 3.05) is 29.5 Å². The van der Waals surface area contributed by atoms with Crippen LogP contribution in [0.15, 0.2) is 35.6 Å². The van der Waals surface area contributed by atoms with Crippen molar-refractivity contribution >= 4 is 41.1 Å². The second-order valence-corrected chi connectivity index (χ2v) is 6.88. The van der Waals surface area contributed by atoms with Gasteiger partial charge in [-0.25, -0.2) is 14.8 Å². The molecule has 1 atom stereocenters. The molecule has 0 aliphatic carbocycles. The van der Waals surface area contributed by atoms with Gasteiger partial charge >= 0.3 is 5.97 Å². The summed E-state index contributed by atoms with van der Waals surface area (Å²) < 4.78 is 10.4. The lowest BCUT2D eigenvalue weighted by Crippen LogP contribution is -2.49. The predicted octanol–water partition coefficient (Wildman–Crippen LogP) is 0.607. The molecule has 2 heterocycles. The molecule has 2 amide bonds. The molecular weight excluding hydrogens is 398 g/mol. The minimum atomic E-state index is -0.936. The Hall–Kier alpha value is -3.34. The summed E-state index contributed by atoms with van der Waals surface area (Å²) in [6.07, 6.45) is 0.329. The van der Waals surface area contributed by atoms with Crippen LogP contribution in [-0.4, -0.2) is 52.8 Å². The van der Waals surface area contributed by atoms with Crippen molar-refractivity contribution in [2.24, 2.45) is 5.73 Å². The fourth-order valence-electron chi connectivity index (χ4n) is 2.64. The molecule has 1 unspecified atom stereocenters. The monoisotopic (exact) mass is 417 g/mol. The van der Waals surface area contributed by atoms with E-state index in [4.69, 9.17) is 20.9 Å². The summed E-state index contributed by atoms with van der Waals surface area (Å²) >= 11 is 1.05. The van der Waals surface area contributed by atoms with Gasteiger partial charge < -0.3 is 25.8 Å². The van der Waals surface area contributed by atoms with Crippen LogP contribution >= 0.6 is 11.8 Å². The molecule has 0 saturated carbocycles. The quantitative estimate of drug-likeness (QED) is 0.391. The molecule has 0 radical (unpaired) electrons. The number of anilines is 2. The third-order valence-corrected chi connectivity index (χ3v) is 4.85. The van der Waals surface area contributed by atoms with Gasteiger partial charge in [-0.05, 0) is 19.1 Å². The van der Waals surface area contributed by atoms with Gasteiger partial charge in [0.1, 0.15) is 17.1 Å². The molecule has 1 aromatic heterocycles. The summed E-state index contributed by atoms with van der Waals surface area (Å²) in [5.74, 6) is -1.19. The number of rotatable bonds is 6. The summed E-state index contributed by atoms with van der Waals surface area (Å²) in [7, 11) is 0. The van der Waals surface area contributed by atoms with Gasteiger partial charge in [-0.15, -0.1) is 0 Å². The number of nitrogens with two attached hydrogens (primary N) is 2. The lowest BCUT2D eigenvalue weighted by molar-refractivity contribution is -0.125. The summed E-state index contributed by atoms with van der Waals surface area (Å²) in [4.78, 5) is 45.6. The highest BCUT2D eigenvalue weighted by atomic mass is 32.2. The third kappa shape index (κ3) is 4.57. The molecule has 0 spiro atoms. The maximum Gasteiger partial charge on any atom is 0.343 e. The maximum absolute atomic E-state index is 12.8. The number of hydrogen-bond acceptors (Lipinski definition) is 9. The number of thioether (sulfide) groups is 1. The number of para-hydroxylation sites is 2. The van der Waals surface area contributed by atoms with E-state index < -0.39 is 18.0 Å². The second kappa shape index (κ2) is 8.78. The van der Waals surface area contributed by atoms with E-state index in [-0.39, 0.29) is 41.3 Å². The van der Waals surface area contributed by atoms with Crippen LogP contribution in [0.1, 0.15) is 17.3 Å². The molecular formula is C18H19N5O5S. The first-order chi connectivity index (χ1) is 13.9. The fourth-order valence-corrected chi connectivity index (χ4v) is 3.34. The normalized spacial score (nSPS) is 15.2. The molecule has 2 aromatic rings. The van der Waals surface area contributed by atoms with Gasteiger partial charge in [0.2, 0.25) is 5.91 Å². The van der Waals surface area contributed by atoms with Crippen LogP contribution in [0.5, 0.6) is 5.75 Å². The Morgan fingerprint density at radius 1 is 1.34 bits per heavy atom. The molecule has 1 aliphatic heterocycles. The second-order valence-electron chi connectivity index (χ2n) is 5.94. The van der Waals surface area contributed by atoms with E-state index in [2.05, 4.69) is 9.97 Å². The Morgan fingerprint density at radius 3 is 2.79 bits per heavy atom. The van der Waals surface area contributed by atoms with E-state index >= 15 is 0 Å². The number of nitrogens with zero attached hydrogens (tertiary/aromatic N) is 3. The van der Waals surface area contributed by atoms with E-state index in [0.29, 0.717) is 11.4 Å². The number of hydrogen-bond donors (Lipinski definition) is 2. The van der Waals surface area contributed by atoms with Crippen molar-refractivity contribution in [3.63, 3.8) is 0 Å². The molecule has 0 fully saturated rings. The van der Waals surface area contributed by atoms with Gasteiger partial charge in [-0.3, -0.25) is 9.59 Å². The Bertz CT molecular complexity index is 954. The van der Waals surface area contributed by atoms with Crippen molar-refractivity contribution in [1.29, 1.82) is 0 Å². The standard InChI is InChI=1S/C18H19N5O5S/c1-2-27-17(26)10-7-21-18(22-15(10)19)29-9-14(24)23-8-13(16(20)25)28-12-6-4-3-5-11(12)23/h3-7,13H,2,8-9H2,1H3,(H2,20,25)(H2,19,21,22). The minimum absolute atomic E-state index is 0.0104. The predicted molar refractivity (Wildman–Crippen MR) is 106 cm³/mol. The molecule has 10 nitrogen and oxygen atoms in total. The van der Waals surface area contributed by atoms with Crippen molar-refractivity contribution in [2.45, 2.75) is 18.2 Å². The van der Waals surface area contributed by atoms with Crippen LogP contribution in [0.2, 0.25) is 0 Å². The largest absolute Gasteiger partial charge is 0.477 e. The van der Waals surface area contributed by atoms with E-state index in [1.807, 2.05) is 0 Å². The number of ether oxygens (including phenoxy) is 2. The lowest BCUT2D eigenvalue weighted by Gasteiger charge is -2.33. The minimum Gasteiger partial charge on any atom is -0.477 e. The molecule has 4 N–H and O–H groups in total. The summed E-state index contributed by atoms with van der Waals surface area (Å²) in [6.45, 7) is 1.89. The van der Waals surface area contributed by atoms with E-state index in [1.54, 1.807) is 31.2 Å². The lowest BCUT2D eigenvalue weighted by atomic mass is 10.2. The number of primary amides is 1. The fraction of sp³-hybridized carbons (Fsp3) is 0.278. The van der Waals surface area contributed by atoms with Gasteiger partial charge in [0.05, 0.1) is 24.6 Å². The van der Waals surface area contributed by atoms with Crippen molar-refractivity contribution in [1.82, 2.24) is 9.97 Å². The number of carbonyl (C=O) groups is 3. The number of nitrogen functional groups attached to an aromatic ring is 1. The Morgan fingerprint density at radius 2 is 2.10 bits per heavy atom. The van der Waals surface area contributed by atoms with Crippen molar-refractivity contribution in [3.05, 3.63) is 36.0 Å². The third-order valence-electron chi connectivity index (χ3n) is 4.01. The molecule has 1 aromatic carbocycles. The first-order valence-electron chi connectivity index (χ1n) is 8.68. The number of esters is 1. The van der Waals surface area contributed by atoms with E-state index in [1.165, 1.54) is 11.1 Å². The molecule has 0 saturated heterocycles. The maximum atomic E-state index is 12.8. The van der Waals surface area contributed by atoms with Gasteiger partial charge in [0.15, 0.2) is 11.3 Å². The Labute approximate surface area is 170 Å². The number of fused-ring (bicyclic) bond motifs is 1. The van der Waals surface area contributed by atoms with E-state index in [0.717, 1.165) is 11.8 Å². The molecule has 3 rings (SSSR count). The van der Waals surface area contributed by atoms with Crippen LogP contribution in [0.3, 0.4) is 0 Å². The summed E-state index contributed by atoms with van der Waals surface area (Å²) in [6, 6.07) is 6.88. The average Bonchev–Trinajstić information content (AvgIpc) is 2.71. The summed E-state index contributed by atoms with van der Waals surface area (Å²) in [5, 5.41) is 0.233. The first-order valence-corrected chi connectivity index (χ1v) is 9.67. The van der Waals surface area contributed by atoms with Crippen LogP contribution in [-0.2, 0) is 14.3 Å². The molecule has 11 heteroatoms. The zero-order valence-corrected chi connectivity index (χ0v) is 16.3. The molecule has 29 heavy (non-hydrogen) atoms. The Balaban J connectivity index is 1.71. The van der Waals surface area contributed by atoms with Gasteiger partial charge in [-0.1, -0.05) is 23.9 Å². The van der Waals surface area contributed by atoms with Gasteiger partial charge in [0.25, 0.3) is 5.91 Å². The highest BCUT2D eigenvalue weighted by molar-refractivity contribution is 7.99. The van der Waals surface area contributed by atoms with Crippen LogP contribution < -0.4 is 21.1 Å². The number of benzene rings is 1. The SMILES string of the molecule is CCOC(=O)c1cnc(SCC(=O)N2CC(C(N)=O)Oc3ccccc32)nc1N. The van der Waals surface area contributed by atoms with Crippen molar-refractivity contribution in [3.8, 4) is 5.75 Å². The zero-order chi connectivity index (χ0) is 21.0. The van der Waals surface area contributed by atoms with Crippen LogP contribution in [0.4, 0.5) is 11.5 Å². The van der Waals surface area contributed by atoms with Gasteiger partial charge in [0, 0.05) is 6.20 Å². The molecule has 0 bridgehead atoms. The smallest absolute Gasteiger partial charge is 0.343 e. The molecule has 152 valence electrons. The topological polar surface area (TPSA) is 151 Å². The van der Waals surface area contributed by atoms with Crippen LogP contribution in [0, 0.1) is 0 Å². The zero-order valence-electron chi connectivity index (χ0n) is 15.5. The van der Waals surface area contributed by atoms with E-state index in [9.17, 15) is 14.4 Å². The highest BCUT2D eigenvalue weighted by Crippen LogP contribution is 2.33. The van der Waals surface area contributed by atoms with Gasteiger partial charge in [-0.2, -0.15) is 0 Å². The number of amides is 2. The highest BCUT2D eigenvalue weighted by Gasteiger charge is 2.32. The molecule has 1 aliphatic rings. The first kappa shape index (κ1) is 20.4. The number of carbonyl (C=O) groups excluding carboxylic acids is 3. The average molecular weight is 417 g/mol. The van der Waals surface area contributed by atoms with Crippen LogP contribution in [0.25, 0.3) is 0 Å². The number of aromatic nitrogens is 2.